The summed E-state index contributed by atoms with van der Waals surface area (Å²) in [5.41, 5.74) is 0.376. The van der Waals surface area contributed by atoms with Crippen molar-refractivity contribution in [2.45, 2.75) is 44.4 Å². The summed E-state index contributed by atoms with van der Waals surface area (Å²) < 4.78 is 60.2. The molecule has 2 aliphatic heterocycles. The number of imide groups is 2. The molecule has 3 aromatic heterocycles. The number of amides is 5. The Morgan fingerprint density at radius 3 is 2.48 bits per heavy atom. The van der Waals surface area contributed by atoms with Crippen molar-refractivity contribution in [3.05, 3.63) is 101 Å². The summed E-state index contributed by atoms with van der Waals surface area (Å²) in [5, 5.41) is 17.8. The van der Waals surface area contributed by atoms with Crippen LogP contribution in [0.15, 0.2) is 77.7 Å². The molecule has 2 aromatic carbocycles. The van der Waals surface area contributed by atoms with E-state index in [1.807, 2.05) is 0 Å². The van der Waals surface area contributed by atoms with E-state index in [0.29, 0.717) is 61.5 Å². The molecule has 334 valence electrons. The van der Waals surface area contributed by atoms with Crippen LogP contribution in [-0.2, 0) is 31.8 Å². The highest BCUT2D eigenvalue weighted by Gasteiger charge is 2.45. The van der Waals surface area contributed by atoms with Crippen LogP contribution < -0.4 is 26.6 Å². The molecule has 5 aromatic rings. The van der Waals surface area contributed by atoms with E-state index in [9.17, 15) is 37.1 Å². The minimum absolute atomic E-state index is 0.0316. The Hall–Kier alpha value is -6.97. The number of oxazole rings is 1. The van der Waals surface area contributed by atoms with Crippen molar-refractivity contribution >= 4 is 46.7 Å². The van der Waals surface area contributed by atoms with Gasteiger partial charge in [-0.1, -0.05) is 18.2 Å². The first-order chi connectivity index (χ1) is 30.9. The summed E-state index contributed by atoms with van der Waals surface area (Å²) in [4.78, 5) is 72.7. The highest BCUT2D eigenvalue weighted by atomic mass is 19.4. The van der Waals surface area contributed by atoms with Gasteiger partial charge in [-0.2, -0.15) is 18.3 Å². The molecule has 2 fully saturated rings. The Morgan fingerprint density at radius 2 is 1.70 bits per heavy atom. The Labute approximate surface area is 363 Å². The van der Waals surface area contributed by atoms with E-state index in [4.69, 9.17) is 13.9 Å². The fourth-order valence-electron chi connectivity index (χ4n) is 7.16. The molecular weight excluding hydrogens is 842 g/mol. The number of halogens is 3. The number of hydrogen-bond acceptors (Lipinski definition) is 14. The summed E-state index contributed by atoms with van der Waals surface area (Å²) >= 11 is 0. The van der Waals surface area contributed by atoms with Gasteiger partial charge in [0.15, 0.2) is 11.4 Å². The minimum Gasteiger partial charge on any atom is -0.444 e. The molecular formula is C43H43F3N10O8. The van der Waals surface area contributed by atoms with Gasteiger partial charge in [-0.15, -0.1) is 0 Å². The lowest BCUT2D eigenvalue weighted by Crippen LogP contribution is -2.54. The van der Waals surface area contributed by atoms with Crippen LogP contribution in [0.5, 0.6) is 0 Å². The third-order valence-electron chi connectivity index (χ3n) is 10.6. The average Bonchev–Trinajstić information content (AvgIpc) is 3.67. The lowest BCUT2D eigenvalue weighted by atomic mass is 10.0. The van der Waals surface area contributed by atoms with Gasteiger partial charge in [-0.25, -0.2) is 14.6 Å². The number of piperidine rings is 1. The van der Waals surface area contributed by atoms with Crippen molar-refractivity contribution in [1.82, 2.24) is 35.3 Å². The zero-order valence-corrected chi connectivity index (χ0v) is 34.2. The van der Waals surface area contributed by atoms with E-state index in [1.54, 1.807) is 54.7 Å². The SMILES string of the molecule is O=C1CCC(N2C(=O)c3cccc(NCCOCCOCCNCc4cccc(-n5cc(NC(=O)c6coc(-c7ccnc(NCC8CC8)c7)n6)c(C(F)(F)F)n5)c4)c3C2=O)C(=O)N1. The van der Waals surface area contributed by atoms with Crippen LogP contribution in [0.4, 0.5) is 30.4 Å². The number of pyridine rings is 1. The third-order valence-corrected chi connectivity index (χ3v) is 10.6. The van der Waals surface area contributed by atoms with Gasteiger partial charge < -0.3 is 35.2 Å². The molecule has 64 heavy (non-hydrogen) atoms. The second-order valence-corrected chi connectivity index (χ2v) is 15.3. The molecule has 8 rings (SSSR count). The second-order valence-electron chi connectivity index (χ2n) is 15.3. The van der Waals surface area contributed by atoms with E-state index in [2.05, 4.69) is 41.7 Å². The number of carbonyl (C=O) groups is 5. The van der Waals surface area contributed by atoms with Crippen molar-refractivity contribution in [2.24, 2.45) is 5.92 Å². The zero-order valence-electron chi connectivity index (χ0n) is 34.2. The highest BCUT2D eigenvalue weighted by Crippen LogP contribution is 2.36. The number of aromatic nitrogens is 4. The van der Waals surface area contributed by atoms with E-state index in [-0.39, 0.29) is 48.8 Å². The number of hydrogen-bond donors (Lipinski definition) is 5. The van der Waals surface area contributed by atoms with Crippen LogP contribution in [-0.4, -0.2) is 106 Å². The fourth-order valence-corrected chi connectivity index (χ4v) is 7.16. The molecule has 0 spiro atoms. The first kappa shape index (κ1) is 43.7. The molecule has 5 N–H and O–H groups in total. The molecule has 1 unspecified atom stereocenters. The number of ether oxygens (including phenoxy) is 2. The lowest BCUT2D eigenvalue weighted by molar-refractivity contribution is -0.140. The van der Waals surface area contributed by atoms with Crippen LogP contribution in [0, 0.1) is 5.92 Å². The predicted molar refractivity (Wildman–Crippen MR) is 222 cm³/mol. The zero-order chi connectivity index (χ0) is 44.8. The van der Waals surface area contributed by atoms with Crippen molar-refractivity contribution in [3.8, 4) is 17.1 Å². The van der Waals surface area contributed by atoms with Gasteiger partial charge in [0.2, 0.25) is 17.7 Å². The van der Waals surface area contributed by atoms with Crippen molar-refractivity contribution in [3.63, 3.8) is 0 Å². The molecule has 0 bridgehead atoms. The summed E-state index contributed by atoms with van der Waals surface area (Å²) in [6, 6.07) is 13.9. The smallest absolute Gasteiger partial charge is 0.437 e. The van der Waals surface area contributed by atoms with E-state index in [0.717, 1.165) is 34.1 Å². The first-order valence-corrected chi connectivity index (χ1v) is 20.6. The van der Waals surface area contributed by atoms with Gasteiger partial charge in [0.25, 0.3) is 17.7 Å². The number of nitrogens with one attached hydrogen (secondary N) is 5. The topological polar surface area (TPSA) is 224 Å². The predicted octanol–water partition coefficient (Wildman–Crippen LogP) is 4.65. The van der Waals surface area contributed by atoms with Crippen LogP contribution in [0.25, 0.3) is 17.1 Å². The molecule has 5 amide bonds. The molecule has 18 nitrogen and oxygen atoms in total. The summed E-state index contributed by atoms with van der Waals surface area (Å²) in [7, 11) is 0. The molecule has 3 aliphatic rings. The minimum atomic E-state index is -4.87. The van der Waals surface area contributed by atoms with Gasteiger partial charge in [0.05, 0.1) is 55.1 Å². The number of anilines is 3. The summed E-state index contributed by atoms with van der Waals surface area (Å²) in [6.45, 7) is 3.16. The van der Waals surface area contributed by atoms with Crippen molar-refractivity contribution in [2.75, 3.05) is 62.0 Å². The van der Waals surface area contributed by atoms with Gasteiger partial charge >= 0.3 is 6.18 Å². The maximum absolute atomic E-state index is 14.1. The molecule has 1 aliphatic carbocycles. The molecule has 0 radical (unpaired) electrons. The normalized spacial score (nSPS) is 16.2. The number of rotatable bonds is 20. The highest BCUT2D eigenvalue weighted by molar-refractivity contribution is 6.25. The standard InChI is InChI=1S/C43H43F3N10O8/c44-43(45,46)37-31(51-38(58)32-24-64-40(52-32)27-11-12-49-34(20-27)50-22-25-7-8-25)23-55(54-37)28-4-1-3-26(19-28)21-47-13-15-62-17-18-63-16-14-48-30-6-2-5-29-36(30)42(61)56(41(29)60)33-9-10-35(57)53-39(33)59/h1-6,11-12,19-20,23-25,33,47-48H,7-10,13-18,21-22H2,(H,49,50)(H,51,58)(H,53,57,59). The number of fused-ring (bicyclic) bond motifs is 1. The molecule has 1 saturated carbocycles. The molecule has 21 heteroatoms. The first-order valence-electron chi connectivity index (χ1n) is 20.6. The number of nitrogens with zero attached hydrogens (tertiary/aromatic N) is 5. The quantitative estimate of drug-likeness (QED) is 0.0531. The van der Waals surface area contributed by atoms with Crippen LogP contribution in [0.1, 0.15) is 68.1 Å². The van der Waals surface area contributed by atoms with Crippen LogP contribution in [0.2, 0.25) is 0 Å². The largest absolute Gasteiger partial charge is 0.444 e. The maximum atomic E-state index is 14.1. The second kappa shape index (κ2) is 19.2. The number of carbonyl (C=O) groups excluding carboxylic acids is 5. The Bertz CT molecular complexity index is 2560. The van der Waals surface area contributed by atoms with Crippen molar-refractivity contribution < 1.29 is 51.0 Å². The average molecular weight is 885 g/mol. The Balaban J connectivity index is 0.757. The number of benzene rings is 2. The van der Waals surface area contributed by atoms with Gasteiger partial charge in [-0.05, 0) is 67.1 Å². The van der Waals surface area contributed by atoms with Gasteiger partial charge in [-0.3, -0.25) is 34.2 Å². The van der Waals surface area contributed by atoms with E-state index >= 15 is 0 Å². The fraction of sp³-hybridized carbons (Fsp3) is 0.349. The molecule has 1 saturated heterocycles. The summed E-state index contributed by atoms with van der Waals surface area (Å²) in [6.07, 6.45) is 1.30. The van der Waals surface area contributed by atoms with E-state index < -0.39 is 53.1 Å². The molecule has 5 heterocycles. The lowest BCUT2D eigenvalue weighted by Gasteiger charge is -2.27. The molecule has 1 atom stereocenters. The maximum Gasteiger partial charge on any atom is 0.437 e. The third kappa shape index (κ3) is 10.3. The van der Waals surface area contributed by atoms with Crippen LogP contribution >= 0.6 is 0 Å². The Morgan fingerprint density at radius 1 is 0.906 bits per heavy atom. The monoisotopic (exact) mass is 884 g/mol. The van der Waals surface area contributed by atoms with Gasteiger partial charge in [0.1, 0.15) is 18.1 Å². The number of alkyl halides is 3. The summed E-state index contributed by atoms with van der Waals surface area (Å²) in [5.74, 6) is -1.87. The van der Waals surface area contributed by atoms with E-state index in [1.165, 1.54) is 18.9 Å². The Kier molecular flexibility index (Phi) is 13.1. The van der Waals surface area contributed by atoms with Gasteiger partial charge in [0, 0.05) is 50.0 Å². The van der Waals surface area contributed by atoms with Crippen LogP contribution in [0.3, 0.4) is 0 Å². The van der Waals surface area contributed by atoms with Crippen molar-refractivity contribution in [1.29, 1.82) is 0 Å².